The Labute approximate surface area is 126 Å². The molecule has 0 bridgehead atoms. The fourth-order valence-electron chi connectivity index (χ4n) is 2.11. The van der Waals surface area contributed by atoms with Gasteiger partial charge in [0.15, 0.2) is 0 Å². The number of hydrogen-bond acceptors (Lipinski definition) is 4. The first kappa shape index (κ1) is 13.3. The van der Waals surface area contributed by atoms with Crippen molar-refractivity contribution in [2.24, 2.45) is 0 Å². The molecule has 2 heterocycles. The Morgan fingerprint density at radius 1 is 1.30 bits per heavy atom. The summed E-state index contributed by atoms with van der Waals surface area (Å²) in [4.78, 5) is 8.87. The maximum absolute atomic E-state index is 6.01. The van der Waals surface area contributed by atoms with Crippen LogP contribution in [0.25, 0.3) is 10.9 Å². The van der Waals surface area contributed by atoms with Crippen LogP contribution in [0.3, 0.4) is 0 Å². The number of nitrogens with one attached hydrogen (secondary N) is 1. The van der Waals surface area contributed by atoms with Gasteiger partial charge in [0.1, 0.15) is 5.01 Å². The molecule has 0 aliphatic rings. The van der Waals surface area contributed by atoms with Crippen LogP contribution < -0.4 is 5.32 Å². The molecule has 0 spiro atoms. The lowest BCUT2D eigenvalue weighted by Crippen LogP contribution is -2.06. The smallest absolute Gasteiger partial charge is 0.115 e. The van der Waals surface area contributed by atoms with E-state index < -0.39 is 0 Å². The Morgan fingerprint density at radius 3 is 2.90 bits per heavy atom. The molecule has 20 heavy (non-hydrogen) atoms. The van der Waals surface area contributed by atoms with Gasteiger partial charge in [0.2, 0.25) is 0 Å². The van der Waals surface area contributed by atoms with Crippen LogP contribution in [0.4, 0.5) is 5.69 Å². The standard InChI is InChI=1S/C15H14ClN3S/c1-9-8-20-15(18-9)10(2)19-13-5-6-17-14-7-11(16)3-4-12(13)14/h3-8,10H,1-2H3,(H,17,19). The monoisotopic (exact) mass is 303 g/mol. The Hall–Kier alpha value is -1.65. The number of aromatic nitrogens is 2. The first-order valence-corrected chi connectivity index (χ1v) is 7.62. The summed E-state index contributed by atoms with van der Waals surface area (Å²) >= 11 is 7.68. The van der Waals surface area contributed by atoms with E-state index >= 15 is 0 Å². The van der Waals surface area contributed by atoms with Crippen molar-refractivity contribution in [3.8, 4) is 0 Å². The number of rotatable bonds is 3. The van der Waals surface area contributed by atoms with Gasteiger partial charge in [-0.05, 0) is 38.1 Å². The number of aryl methyl sites for hydroxylation is 1. The average molecular weight is 304 g/mol. The number of nitrogens with zero attached hydrogens (tertiary/aromatic N) is 2. The van der Waals surface area contributed by atoms with E-state index in [1.54, 1.807) is 17.5 Å². The van der Waals surface area contributed by atoms with Crippen LogP contribution in [-0.4, -0.2) is 9.97 Å². The second kappa shape index (κ2) is 5.38. The molecule has 0 saturated carbocycles. The zero-order valence-corrected chi connectivity index (χ0v) is 12.8. The molecule has 102 valence electrons. The third kappa shape index (κ3) is 2.62. The molecule has 1 aromatic carbocycles. The normalized spacial score (nSPS) is 12.6. The van der Waals surface area contributed by atoms with Gasteiger partial charge in [-0.2, -0.15) is 0 Å². The minimum Gasteiger partial charge on any atom is -0.375 e. The maximum atomic E-state index is 6.01. The highest BCUT2D eigenvalue weighted by Crippen LogP contribution is 2.28. The number of benzene rings is 1. The molecule has 1 atom stereocenters. The highest BCUT2D eigenvalue weighted by molar-refractivity contribution is 7.09. The van der Waals surface area contributed by atoms with Crippen LogP contribution >= 0.6 is 22.9 Å². The van der Waals surface area contributed by atoms with Crippen LogP contribution in [-0.2, 0) is 0 Å². The summed E-state index contributed by atoms with van der Waals surface area (Å²) in [7, 11) is 0. The van der Waals surface area contributed by atoms with Crippen LogP contribution in [0.1, 0.15) is 23.7 Å². The fraction of sp³-hybridized carbons (Fsp3) is 0.200. The van der Waals surface area contributed by atoms with E-state index in [4.69, 9.17) is 11.6 Å². The SMILES string of the molecule is Cc1csc(C(C)Nc2ccnc3cc(Cl)ccc23)n1. The number of fused-ring (bicyclic) bond motifs is 1. The number of hydrogen-bond donors (Lipinski definition) is 1. The number of halogens is 1. The van der Waals surface area contributed by atoms with Crippen molar-refractivity contribution in [2.75, 3.05) is 5.32 Å². The third-order valence-electron chi connectivity index (χ3n) is 3.08. The maximum Gasteiger partial charge on any atom is 0.115 e. The van der Waals surface area contributed by atoms with Gasteiger partial charge < -0.3 is 5.32 Å². The van der Waals surface area contributed by atoms with Crippen molar-refractivity contribution in [1.29, 1.82) is 0 Å². The van der Waals surface area contributed by atoms with Crippen molar-refractivity contribution >= 4 is 39.5 Å². The molecule has 3 nitrogen and oxygen atoms in total. The molecule has 1 unspecified atom stereocenters. The molecular weight excluding hydrogens is 290 g/mol. The molecule has 2 aromatic heterocycles. The van der Waals surface area contributed by atoms with Gasteiger partial charge in [0.25, 0.3) is 0 Å². The first-order chi connectivity index (χ1) is 9.63. The molecule has 5 heteroatoms. The molecule has 3 aromatic rings. The van der Waals surface area contributed by atoms with Gasteiger partial charge in [-0.1, -0.05) is 11.6 Å². The van der Waals surface area contributed by atoms with E-state index in [2.05, 4.69) is 27.6 Å². The van der Waals surface area contributed by atoms with Gasteiger partial charge >= 0.3 is 0 Å². The van der Waals surface area contributed by atoms with E-state index in [0.29, 0.717) is 5.02 Å². The van der Waals surface area contributed by atoms with Crippen molar-refractivity contribution in [2.45, 2.75) is 19.9 Å². The Morgan fingerprint density at radius 2 is 2.15 bits per heavy atom. The van der Waals surface area contributed by atoms with E-state index in [9.17, 15) is 0 Å². The lowest BCUT2D eigenvalue weighted by Gasteiger charge is -2.14. The molecule has 3 rings (SSSR count). The molecule has 0 radical (unpaired) electrons. The van der Waals surface area contributed by atoms with Crippen molar-refractivity contribution < 1.29 is 0 Å². The molecular formula is C15H14ClN3S. The molecule has 0 aliphatic carbocycles. The summed E-state index contributed by atoms with van der Waals surface area (Å²) in [6, 6.07) is 7.89. The fourth-order valence-corrected chi connectivity index (χ4v) is 3.08. The van der Waals surface area contributed by atoms with E-state index in [0.717, 1.165) is 27.3 Å². The zero-order valence-electron chi connectivity index (χ0n) is 11.2. The first-order valence-electron chi connectivity index (χ1n) is 6.36. The van der Waals surface area contributed by atoms with Gasteiger partial charge in [-0.25, -0.2) is 4.98 Å². The van der Waals surface area contributed by atoms with Gasteiger partial charge in [0.05, 0.1) is 11.6 Å². The van der Waals surface area contributed by atoms with Gasteiger partial charge in [-0.3, -0.25) is 4.98 Å². The predicted molar refractivity (Wildman–Crippen MR) is 85.6 cm³/mol. The van der Waals surface area contributed by atoms with Gasteiger partial charge in [-0.15, -0.1) is 11.3 Å². The summed E-state index contributed by atoms with van der Waals surface area (Å²) in [5.74, 6) is 0. The largest absolute Gasteiger partial charge is 0.375 e. The quantitative estimate of drug-likeness (QED) is 0.753. The van der Waals surface area contributed by atoms with Crippen molar-refractivity contribution in [3.05, 3.63) is 51.6 Å². The Kier molecular flexibility index (Phi) is 3.59. The zero-order chi connectivity index (χ0) is 14.1. The molecule has 1 N–H and O–H groups in total. The number of thiazole rings is 1. The lowest BCUT2D eigenvalue weighted by atomic mass is 10.1. The third-order valence-corrected chi connectivity index (χ3v) is 4.46. The highest BCUT2D eigenvalue weighted by Gasteiger charge is 2.11. The molecule has 0 amide bonds. The number of pyridine rings is 1. The second-order valence-electron chi connectivity index (χ2n) is 4.71. The van der Waals surface area contributed by atoms with Crippen LogP contribution in [0.15, 0.2) is 35.8 Å². The number of anilines is 1. The minimum absolute atomic E-state index is 0.162. The van der Waals surface area contributed by atoms with Crippen molar-refractivity contribution in [1.82, 2.24) is 9.97 Å². The molecule has 0 fully saturated rings. The van der Waals surface area contributed by atoms with Crippen LogP contribution in [0.2, 0.25) is 5.02 Å². The second-order valence-corrected chi connectivity index (χ2v) is 6.04. The summed E-state index contributed by atoms with van der Waals surface area (Å²) < 4.78 is 0. The van der Waals surface area contributed by atoms with Crippen LogP contribution in [0, 0.1) is 6.92 Å². The molecule has 0 aliphatic heterocycles. The van der Waals surface area contributed by atoms with E-state index in [1.807, 2.05) is 31.2 Å². The van der Waals surface area contributed by atoms with E-state index in [1.165, 1.54) is 0 Å². The van der Waals surface area contributed by atoms with E-state index in [-0.39, 0.29) is 6.04 Å². The minimum atomic E-state index is 0.162. The summed E-state index contributed by atoms with van der Waals surface area (Å²) in [6.07, 6.45) is 1.79. The van der Waals surface area contributed by atoms with Gasteiger partial charge in [0, 0.05) is 33.4 Å². The predicted octanol–water partition coefficient (Wildman–Crippen LogP) is 4.83. The summed E-state index contributed by atoms with van der Waals surface area (Å²) in [5.41, 5.74) is 3.00. The van der Waals surface area contributed by atoms with Crippen molar-refractivity contribution in [3.63, 3.8) is 0 Å². The lowest BCUT2D eigenvalue weighted by molar-refractivity contribution is 0.865. The van der Waals surface area contributed by atoms with Crippen LogP contribution in [0.5, 0.6) is 0 Å². The highest BCUT2D eigenvalue weighted by atomic mass is 35.5. The Bertz CT molecular complexity index is 754. The summed E-state index contributed by atoms with van der Waals surface area (Å²) in [6.45, 7) is 4.12. The topological polar surface area (TPSA) is 37.8 Å². The Balaban J connectivity index is 1.94. The molecule has 0 saturated heterocycles. The summed E-state index contributed by atoms with van der Waals surface area (Å²) in [5, 5.41) is 8.42. The average Bonchev–Trinajstić information content (AvgIpc) is 2.85.